The molecular weight excluding hydrogens is 460 g/mol. The zero-order valence-electron chi connectivity index (χ0n) is 22.9. The number of hydrogen-bond acceptors (Lipinski definition) is 7. The van der Waals surface area contributed by atoms with E-state index in [9.17, 15) is 14.4 Å². The molecule has 1 aromatic rings. The smallest absolute Gasteiger partial charge is 0.328 e. The average molecular weight is 503 g/mol. The lowest BCUT2D eigenvalue weighted by Gasteiger charge is -2.32. The van der Waals surface area contributed by atoms with Crippen LogP contribution < -0.4 is 10.6 Å². The number of amides is 3. The fourth-order valence-corrected chi connectivity index (χ4v) is 3.11. The van der Waals surface area contributed by atoms with Gasteiger partial charge in [0.25, 0.3) is 12.3 Å². The summed E-state index contributed by atoms with van der Waals surface area (Å²) in [5, 5.41) is 5.56. The van der Waals surface area contributed by atoms with Crippen molar-refractivity contribution in [1.82, 2.24) is 20.4 Å². The summed E-state index contributed by atoms with van der Waals surface area (Å²) in [5.41, 5.74) is 2.18. The first-order valence-electron chi connectivity index (χ1n) is 12.1. The second-order valence-electron chi connectivity index (χ2n) is 7.36. The monoisotopic (exact) mass is 502 g/mol. The molecule has 2 atom stereocenters. The van der Waals surface area contributed by atoms with Gasteiger partial charge in [0.1, 0.15) is 17.6 Å². The zero-order chi connectivity index (χ0) is 27.8. The number of aryl methyl sites for hydroxylation is 1. The van der Waals surface area contributed by atoms with Crippen molar-refractivity contribution in [3.63, 3.8) is 0 Å². The number of urea groups is 1. The molecule has 0 aliphatic carbocycles. The van der Waals surface area contributed by atoms with E-state index in [4.69, 9.17) is 9.47 Å². The molecule has 9 nitrogen and oxygen atoms in total. The first kappa shape index (κ1) is 32.2. The quantitative estimate of drug-likeness (QED) is 0.223. The minimum absolute atomic E-state index is 0.126. The van der Waals surface area contributed by atoms with Gasteiger partial charge in [-0.05, 0) is 25.5 Å². The predicted octanol–water partition coefficient (Wildman–Crippen LogP) is 4.41. The molecule has 9 heteroatoms. The number of allylic oxidation sites excluding steroid dienone is 1. The van der Waals surface area contributed by atoms with E-state index in [0.717, 1.165) is 16.0 Å². The summed E-state index contributed by atoms with van der Waals surface area (Å²) < 4.78 is 10.9. The molecule has 3 amide bonds. The summed E-state index contributed by atoms with van der Waals surface area (Å²) in [6.07, 6.45) is 1.18. The van der Waals surface area contributed by atoms with Gasteiger partial charge in [0.05, 0.1) is 6.54 Å². The van der Waals surface area contributed by atoms with Crippen molar-refractivity contribution >= 4 is 17.9 Å². The number of nitrogens with zero attached hydrogens (tertiary/aromatic N) is 2. The minimum atomic E-state index is -1.04. The molecule has 1 fully saturated rings. The highest BCUT2D eigenvalue weighted by molar-refractivity contribution is 6.04. The molecule has 0 radical (unpaired) electrons. The molecule has 2 unspecified atom stereocenters. The second-order valence-corrected chi connectivity index (χ2v) is 7.36. The van der Waals surface area contributed by atoms with Gasteiger partial charge in [-0.2, -0.15) is 0 Å². The van der Waals surface area contributed by atoms with Crippen LogP contribution in [0.5, 0.6) is 0 Å². The van der Waals surface area contributed by atoms with E-state index in [1.54, 1.807) is 18.9 Å². The number of imide groups is 1. The fourth-order valence-electron chi connectivity index (χ4n) is 3.11. The molecule has 1 saturated heterocycles. The fraction of sp³-hybridized carbons (Fsp3) is 0.444. The molecular formula is C27H42N4O5. The Labute approximate surface area is 215 Å². The number of ether oxygens (including phenoxy) is 2. The summed E-state index contributed by atoms with van der Waals surface area (Å²) in [6, 6.07) is 7.10. The van der Waals surface area contributed by atoms with Crippen LogP contribution in [-0.4, -0.2) is 53.8 Å². The van der Waals surface area contributed by atoms with E-state index in [-0.39, 0.29) is 24.5 Å². The van der Waals surface area contributed by atoms with E-state index in [2.05, 4.69) is 23.8 Å². The maximum atomic E-state index is 13.4. The Balaban J connectivity index is 0.00000291. The van der Waals surface area contributed by atoms with Crippen LogP contribution >= 0.6 is 0 Å². The van der Waals surface area contributed by atoms with Crippen LogP contribution in [0.25, 0.3) is 0 Å². The Morgan fingerprint density at radius 3 is 2.28 bits per heavy atom. The number of hydrogen-bond donors (Lipinski definition) is 2. The lowest BCUT2D eigenvalue weighted by molar-refractivity contribution is -0.147. The molecule has 1 aliphatic heterocycles. The van der Waals surface area contributed by atoms with E-state index in [0.29, 0.717) is 0 Å². The Morgan fingerprint density at radius 1 is 1.19 bits per heavy atom. The SMILES string of the molecule is C=CC(=C)OC1NC(=O)N(CC(C)OC(C)=O)C(=O)/C(=C\NC)N1Cc1ccc(C)cc1.CC.CC. The number of carbonyl (C=O) groups is 3. The maximum absolute atomic E-state index is 13.4. The zero-order valence-corrected chi connectivity index (χ0v) is 22.9. The van der Waals surface area contributed by atoms with E-state index in [1.807, 2.05) is 58.9 Å². The van der Waals surface area contributed by atoms with Crippen LogP contribution in [0.1, 0.15) is 52.7 Å². The van der Waals surface area contributed by atoms with Crippen molar-refractivity contribution in [2.75, 3.05) is 13.6 Å². The van der Waals surface area contributed by atoms with Gasteiger partial charge in [-0.15, -0.1) is 0 Å². The summed E-state index contributed by atoms with van der Waals surface area (Å²) >= 11 is 0. The predicted molar refractivity (Wildman–Crippen MR) is 142 cm³/mol. The summed E-state index contributed by atoms with van der Waals surface area (Å²) in [4.78, 5) is 40.2. The van der Waals surface area contributed by atoms with Gasteiger partial charge < -0.3 is 19.7 Å². The second kappa shape index (κ2) is 16.8. The van der Waals surface area contributed by atoms with Crippen LogP contribution in [-0.2, 0) is 25.6 Å². The minimum Gasteiger partial charge on any atom is -0.461 e. The number of benzene rings is 1. The standard InChI is InChI=1S/C23H30N4O5.2C2H6/c1-7-16(3)32-23-25-22(30)27(13-17(4)31-18(5)28)21(29)20(12-24-6)26(23)14-19-10-8-15(2)9-11-19;2*1-2/h7-12,17,23-24H,1,3,13-14H2,2,4-6H3,(H,25,30);2*1-2H3/b20-12+;;. The molecule has 200 valence electrons. The van der Waals surface area contributed by atoms with Crippen LogP contribution in [0, 0.1) is 6.92 Å². The number of esters is 1. The Kier molecular flexibility index (Phi) is 15.1. The highest BCUT2D eigenvalue weighted by Gasteiger charge is 2.39. The summed E-state index contributed by atoms with van der Waals surface area (Å²) in [7, 11) is 1.65. The third-order valence-electron chi connectivity index (χ3n) is 4.60. The van der Waals surface area contributed by atoms with E-state index >= 15 is 0 Å². The molecule has 2 rings (SSSR count). The highest BCUT2D eigenvalue weighted by Crippen LogP contribution is 2.22. The van der Waals surface area contributed by atoms with Gasteiger partial charge in [-0.3, -0.25) is 19.8 Å². The lowest BCUT2D eigenvalue weighted by atomic mass is 10.1. The van der Waals surface area contributed by atoms with Crippen LogP contribution in [0.3, 0.4) is 0 Å². The molecule has 1 heterocycles. The third-order valence-corrected chi connectivity index (χ3v) is 4.60. The van der Waals surface area contributed by atoms with Gasteiger partial charge in [-0.25, -0.2) is 4.79 Å². The van der Waals surface area contributed by atoms with Gasteiger partial charge >= 0.3 is 12.0 Å². The van der Waals surface area contributed by atoms with Gasteiger partial charge in [0.2, 0.25) is 0 Å². The molecule has 1 aromatic carbocycles. The highest BCUT2D eigenvalue weighted by atomic mass is 16.5. The lowest BCUT2D eigenvalue weighted by Crippen LogP contribution is -2.49. The Morgan fingerprint density at radius 2 is 1.78 bits per heavy atom. The Bertz CT molecular complexity index is 911. The van der Waals surface area contributed by atoms with Crippen molar-refractivity contribution in [2.24, 2.45) is 0 Å². The average Bonchev–Trinajstić information content (AvgIpc) is 2.94. The van der Waals surface area contributed by atoms with Crippen LogP contribution in [0.2, 0.25) is 0 Å². The number of nitrogens with one attached hydrogen (secondary N) is 2. The molecule has 0 bridgehead atoms. The first-order valence-corrected chi connectivity index (χ1v) is 12.1. The van der Waals surface area contributed by atoms with Crippen molar-refractivity contribution < 1.29 is 23.9 Å². The molecule has 0 spiro atoms. The van der Waals surface area contributed by atoms with Crippen LogP contribution in [0.4, 0.5) is 4.79 Å². The van der Waals surface area contributed by atoms with Crippen molar-refractivity contribution in [3.05, 3.63) is 72.3 Å². The van der Waals surface area contributed by atoms with Gasteiger partial charge in [-0.1, -0.05) is 70.7 Å². The summed E-state index contributed by atoms with van der Waals surface area (Å²) in [5.74, 6) is -0.851. The van der Waals surface area contributed by atoms with Gasteiger partial charge in [0, 0.05) is 26.7 Å². The van der Waals surface area contributed by atoms with E-state index < -0.39 is 30.4 Å². The molecule has 0 saturated carbocycles. The molecule has 36 heavy (non-hydrogen) atoms. The van der Waals surface area contributed by atoms with Crippen molar-refractivity contribution in [3.8, 4) is 0 Å². The summed E-state index contributed by atoms with van der Waals surface area (Å²) in [6.45, 7) is 20.4. The molecule has 1 aliphatic rings. The maximum Gasteiger partial charge on any atom is 0.328 e. The topological polar surface area (TPSA) is 100 Å². The van der Waals surface area contributed by atoms with Crippen molar-refractivity contribution in [1.29, 1.82) is 0 Å². The Hall–Kier alpha value is -3.75. The molecule has 2 N–H and O–H groups in total. The largest absolute Gasteiger partial charge is 0.461 e. The normalized spacial score (nSPS) is 16.8. The number of rotatable bonds is 9. The van der Waals surface area contributed by atoms with Crippen LogP contribution in [0.15, 0.2) is 61.2 Å². The molecule has 0 aromatic heterocycles. The van der Waals surface area contributed by atoms with Gasteiger partial charge in [0.15, 0.2) is 0 Å². The first-order chi connectivity index (χ1) is 17.2. The van der Waals surface area contributed by atoms with Crippen molar-refractivity contribution in [2.45, 2.75) is 67.5 Å². The number of carbonyl (C=O) groups excluding carboxylic acids is 3. The third kappa shape index (κ3) is 9.85. The van der Waals surface area contributed by atoms with E-state index in [1.165, 1.54) is 19.2 Å².